The van der Waals surface area contributed by atoms with Gasteiger partial charge in [0, 0.05) is 23.7 Å². The van der Waals surface area contributed by atoms with Gasteiger partial charge >= 0.3 is 0 Å². The fourth-order valence-corrected chi connectivity index (χ4v) is 3.06. The van der Waals surface area contributed by atoms with E-state index in [1.54, 1.807) is 18.9 Å². The highest BCUT2D eigenvalue weighted by atomic mass is 19.1. The van der Waals surface area contributed by atoms with Crippen molar-refractivity contribution in [3.63, 3.8) is 0 Å². The maximum atomic E-state index is 13.9. The average molecular weight is 396 g/mol. The Bertz CT molecular complexity index is 1120. The molecule has 0 saturated carbocycles. The maximum absolute atomic E-state index is 13.9. The van der Waals surface area contributed by atoms with Crippen LogP contribution in [0.1, 0.15) is 17.2 Å². The summed E-state index contributed by atoms with van der Waals surface area (Å²) in [7, 11) is 1.78. The number of hydrogen-bond acceptors (Lipinski definition) is 6. The molecule has 148 valence electrons. The van der Waals surface area contributed by atoms with E-state index in [4.69, 9.17) is 8.94 Å². The van der Waals surface area contributed by atoms with Crippen molar-refractivity contribution in [2.24, 2.45) is 0 Å². The second-order valence-corrected chi connectivity index (χ2v) is 6.74. The van der Waals surface area contributed by atoms with Gasteiger partial charge in [-0.25, -0.2) is 8.78 Å². The molecule has 0 saturated heterocycles. The van der Waals surface area contributed by atoms with Crippen LogP contribution >= 0.6 is 0 Å². The van der Waals surface area contributed by atoms with Gasteiger partial charge in [0.2, 0.25) is 5.89 Å². The Morgan fingerprint density at radius 1 is 1.00 bits per heavy atom. The number of nitrogens with zero attached hydrogens (tertiary/aromatic N) is 4. The van der Waals surface area contributed by atoms with Gasteiger partial charge < -0.3 is 8.94 Å². The van der Waals surface area contributed by atoms with Crippen molar-refractivity contribution in [1.29, 1.82) is 0 Å². The van der Waals surface area contributed by atoms with Crippen molar-refractivity contribution in [2.75, 3.05) is 7.05 Å². The summed E-state index contributed by atoms with van der Waals surface area (Å²) in [5, 5.41) is 12.3. The molecule has 0 aliphatic heterocycles. The van der Waals surface area contributed by atoms with Gasteiger partial charge in [0.05, 0.1) is 6.54 Å². The summed E-state index contributed by atoms with van der Waals surface area (Å²) >= 11 is 0. The molecule has 0 spiro atoms. The van der Waals surface area contributed by atoms with Crippen molar-refractivity contribution in [1.82, 2.24) is 20.3 Å². The molecule has 0 atom stereocenters. The predicted molar refractivity (Wildman–Crippen MR) is 101 cm³/mol. The number of halogens is 2. The molecular weight excluding hydrogens is 378 g/mol. The maximum Gasteiger partial charge on any atom is 0.253 e. The summed E-state index contributed by atoms with van der Waals surface area (Å²) in [6, 6.07) is 13.1. The SMILES string of the molecule is Cc1onc(-c2ccccc2)c1-c1nnc(CN(C)Cc2ccc(F)cc2F)o1. The van der Waals surface area contributed by atoms with Gasteiger partial charge in [-0.3, -0.25) is 4.90 Å². The Balaban J connectivity index is 1.53. The van der Waals surface area contributed by atoms with Gasteiger partial charge in [-0.15, -0.1) is 10.2 Å². The zero-order valence-electron chi connectivity index (χ0n) is 15.9. The molecule has 29 heavy (non-hydrogen) atoms. The van der Waals surface area contributed by atoms with Gasteiger partial charge in [0.15, 0.2) is 0 Å². The molecule has 0 aliphatic rings. The van der Waals surface area contributed by atoms with E-state index in [1.165, 1.54) is 12.1 Å². The first-order chi connectivity index (χ1) is 14.0. The summed E-state index contributed by atoms with van der Waals surface area (Å²) in [6.07, 6.45) is 0. The van der Waals surface area contributed by atoms with E-state index in [0.717, 1.165) is 11.6 Å². The minimum atomic E-state index is -0.603. The molecule has 2 heterocycles. The lowest BCUT2D eigenvalue weighted by molar-refractivity contribution is 0.278. The van der Waals surface area contributed by atoms with Crippen LogP contribution in [0.5, 0.6) is 0 Å². The van der Waals surface area contributed by atoms with Gasteiger partial charge in [-0.2, -0.15) is 0 Å². The van der Waals surface area contributed by atoms with E-state index in [0.29, 0.717) is 40.9 Å². The number of aromatic nitrogens is 3. The Kier molecular flexibility index (Phi) is 5.18. The third-order valence-corrected chi connectivity index (χ3v) is 4.45. The van der Waals surface area contributed by atoms with Gasteiger partial charge in [0.25, 0.3) is 5.89 Å². The molecule has 0 aliphatic carbocycles. The molecule has 6 nitrogen and oxygen atoms in total. The van der Waals surface area contributed by atoms with Crippen LogP contribution < -0.4 is 0 Å². The van der Waals surface area contributed by atoms with E-state index in [9.17, 15) is 8.78 Å². The highest BCUT2D eigenvalue weighted by Crippen LogP contribution is 2.33. The first-order valence-corrected chi connectivity index (χ1v) is 8.98. The van der Waals surface area contributed by atoms with Crippen LogP contribution in [0.3, 0.4) is 0 Å². The molecule has 4 rings (SSSR count). The van der Waals surface area contributed by atoms with Crippen LogP contribution in [-0.4, -0.2) is 27.3 Å². The fraction of sp³-hybridized carbons (Fsp3) is 0.190. The van der Waals surface area contributed by atoms with E-state index in [-0.39, 0.29) is 6.54 Å². The van der Waals surface area contributed by atoms with E-state index < -0.39 is 11.6 Å². The fourth-order valence-electron chi connectivity index (χ4n) is 3.06. The summed E-state index contributed by atoms with van der Waals surface area (Å²) in [5.74, 6) is 0.0498. The lowest BCUT2D eigenvalue weighted by Crippen LogP contribution is -2.18. The smallest absolute Gasteiger partial charge is 0.253 e. The Hall–Kier alpha value is -3.39. The third-order valence-electron chi connectivity index (χ3n) is 4.45. The molecule has 0 N–H and O–H groups in total. The Morgan fingerprint density at radius 2 is 1.79 bits per heavy atom. The lowest BCUT2D eigenvalue weighted by atomic mass is 10.1. The van der Waals surface area contributed by atoms with E-state index >= 15 is 0 Å². The second-order valence-electron chi connectivity index (χ2n) is 6.74. The van der Waals surface area contributed by atoms with Gasteiger partial charge in [-0.05, 0) is 20.0 Å². The molecule has 2 aromatic heterocycles. The zero-order valence-corrected chi connectivity index (χ0v) is 15.9. The normalized spacial score (nSPS) is 11.3. The molecule has 8 heteroatoms. The summed E-state index contributed by atoms with van der Waals surface area (Å²) in [6.45, 7) is 2.35. The van der Waals surface area contributed by atoms with Crippen LogP contribution in [0.4, 0.5) is 8.78 Å². The van der Waals surface area contributed by atoms with Crippen LogP contribution in [0.15, 0.2) is 57.5 Å². The number of aryl methyl sites for hydroxylation is 1. The molecule has 4 aromatic rings. The quantitative estimate of drug-likeness (QED) is 0.474. The summed E-state index contributed by atoms with van der Waals surface area (Å²) in [5.41, 5.74) is 2.53. The third kappa shape index (κ3) is 4.07. The van der Waals surface area contributed by atoms with E-state index in [2.05, 4.69) is 15.4 Å². The van der Waals surface area contributed by atoms with Crippen LogP contribution in [0, 0.1) is 18.6 Å². The summed E-state index contributed by atoms with van der Waals surface area (Å²) in [4.78, 5) is 1.80. The Labute approximate surface area is 165 Å². The molecular formula is C21H18F2N4O2. The van der Waals surface area contributed by atoms with Crippen molar-refractivity contribution in [2.45, 2.75) is 20.0 Å². The minimum absolute atomic E-state index is 0.269. The summed E-state index contributed by atoms with van der Waals surface area (Å²) < 4.78 is 38.1. The number of hydrogen-bond donors (Lipinski definition) is 0. The first kappa shape index (κ1) is 18.9. The highest BCUT2D eigenvalue weighted by Gasteiger charge is 2.22. The Morgan fingerprint density at radius 3 is 2.55 bits per heavy atom. The van der Waals surface area contributed by atoms with Crippen molar-refractivity contribution in [3.8, 4) is 22.7 Å². The van der Waals surface area contributed by atoms with E-state index in [1.807, 2.05) is 30.3 Å². The molecule has 0 amide bonds. The second kappa shape index (κ2) is 7.92. The van der Waals surface area contributed by atoms with Crippen molar-refractivity contribution >= 4 is 0 Å². The van der Waals surface area contributed by atoms with Crippen LogP contribution in [0.25, 0.3) is 22.7 Å². The highest BCUT2D eigenvalue weighted by molar-refractivity contribution is 5.77. The van der Waals surface area contributed by atoms with Gasteiger partial charge in [0.1, 0.15) is 28.7 Å². The predicted octanol–water partition coefficient (Wildman–Crippen LogP) is 4.61. The average Bonchev–Trinajstić information content (AvgIpc) is 3.31. The largest absolute Gasteiger partial charge is 0.419 e. The number of benzene rings is 2. The number of rotatable bonds is 6. The molecule has 0 bridgehead atoms. The zero-order chi connectivity index (χ0) is 20.4. The topological polar surface area (TPSA) is 68.2 Å². The van der Waals surface area contributed by atoms with Crippen LogP contribution in [-0.2, 0) is 13.1 Å². The van der Waals surface area contributed by atoms with Crippen LogP contribution in [0.2, 0.25) is 0 Å². The molecule has 2 aromatic carbocycles. The monoisotopic (exact) mass is 396 g/mol. The standard InChI is InChI=1S/C21H18F2N4O2/c1-13-19(20(26-29-13)14-6-4-3-5-7-14)21-25-24-18(28-21)12-27(2)11-15-8-9-16(22)10-17(15)23/h3-10H,11-12H2,1-2H3. The molecule has 0 fully saturated rings. The lowest BCUT2D eigenvalue weighted by Gasteiger charge is -2.14. The molecule has 0 unspecified atom stereocenters. The molecule has 0 radical (unpaired) electrons. The van der Waals surface area contributed by atoms with Crippen molar-refractivity contribution in [3.05, 3.63) is 77.4 Å². The minimum Gasteiger partial charge on any atom is -0.419 e. The first-order valence-electron chi connectivity index (χ1n) is 8.98. The van der Waals surface area contributed by atoms with Crippen molar-refractivity contribution < 1.29 is 17.7 Å². The van der Waals surface area contributed by atoms with Gasteiger partial charge in [-0.1, -0.05) is 41.6 Å².